The van der Waals surface area contributed by atoms with Gasteiger partial charge in [0.15, 0.2) is 5.69 Å². The van der Waals surface area contributed by atoms with Crippen LogP contribution >= 0.6 is 0 Å². The molecule has 1 saturated heterocycles. The second-order valence-electron chi connectivity index (χ2n) is 5.24. The Morgan fingerprint density at radius 1 is 1.29 bits per heavy atom. The fraction of sp³-hybridized carbons (Fsp3) is 0.467. The van der Waals surface area contributed by atoms with Gasteiger partial charge < -0.3 is 9.64 Å². The van der Waals surface area contributed by atoms with Crippen molar-refractivity contribution in [3.63, 3.8) is 0 Å². The van der Waals surface area contributed by atoms with Gasteiger partial charge in [-0.25, -0.2) is 0 Å². The quantitative estimate of drug-likeness (QED) is 0.910. The number of carbonyl (C=O) groups is 1. The van der Waals surface area contributed by atoms with Crippen LogP contribution in [-0.4, -0.2) is 72.3 Å². The normalized spacial score (nSPS) is 16.5. The number of para-hydroxylation sites is 1. The molecule has 1 N–H and O–H groups in total. The van der Waals surface area contributed by atoms with E-state index >= 15 is 0 Å². The van der Waals surface area contributed by atoms with E-state index in [2.05, 4.69) is 15.1 Å². The van der Waals surface area contributed by atoms with Gasteiger partial charge >= 0.3 is 0 Å². The molecular formula is C15H20N4O2. The zero-order valence-electron chi connectivity index (χ0n) is 12.2. The van der Waals surface area contributed by atoms with Gasteiger partial charge in [-0.15, -0.1) is 0 Å². The van der Waals surface area contributed by atoms with E-state index in [4.69, 9.17) is 4.74 Å². The van der Waals surface area contributed by atoms with Crippen LogP contribution in [-0.2, 0) is 4.74 Å². The number of rotatable bonds is 4. The lowest BCUT2D eigenvalue weighted by Gasteiger charge is -2.34. The summed E-state index contributed by atoms with van der Waals surface area (Å²) in [5.74, 6) is 0.0128. The minimum Gasteiger partial charge on any atom is -0.383 e. The number of nitrogens with one attached hydrogen (secondary N) is 1. The third-order valence-electron chi connectivity index (χ3n) is 3.94. The Kier molecular flexibility index (Phi) is 4.17. The van der Waals surface area contributed by atoms with Crippen molar-refractivity contribution in [1.82, 2.24) is 20.0 Å². The summed E-state index contributed by atoms with van der Waals surface area (Å²) in [4.78, 5) is 16.8. The first kappa shape index (κ1) is 14.0. The molecule has 0 bridgehead atoms. The van der Waals surface area contributed by atoms with E-state index in [0.717, 1.165) is 50.2 Å². The van der Waals surface area contributed by atoms with Crippen molar-refractivity contribution in [3.05, 3.63) is 30.0 Å². The molecule has 0 aliphatic carbocycles. The van der Waals surface area contributed by atoms with E-state index < -0.39 is 0 Å². The molecular weight excluding hydrogens is 268 g/mol. The minimum absolute atomic E-state index is 0.0128. The molecule has 6 heteroatoms. The molecule has 0 saturated carbocycles. The Hall–Kier alpha value is -1.92. The smallest absolute Gasteiger partial charge is 0.275 e. The predicted octanol–water partition coefficient (Wildman–Crippen LogP) is 0.967. The summed E-state index contributed by atoms with van der Waals surface area (Å²) in [6, 6.07) is 7.73. The predicted molar refractivity (Wildman–Crippen MR) is 80.3 cm³/mol. The van der Waals surface area contributed by atoms with Gasteiger partial charge in [-0.3, -0.25) is 14.8 Å². The summed E-state index contributed by atoms with van der Waals surface area (Å²) in [5, 5.41) is 8.00. The lowest BCUT2D eigenvalue weighted by atomic mass is 10.2. The molecule has 1 aliphatic rings. The topological polar surface area (TPSA) is 61.5 Å². The van der Waals surface area contributed by atoms with Crippen LogP contribution in [0.1, 0.15) is 10.5 Å². The first-order valence-corrected chi connectivity index (χ1v) is 7.23. The zero-order valence-corrected chi connectivity index (χ0v) is 12.2. The van der Waals surface area contributed by atoms with Crippen molar-refractivity contribution in [2.45, 2.75) is 0 Å². The van der Waals surface area contributed by atoms with Crippen LogP contribution in [0.3, 0.4) is 0 Å². The maximum absolute atomic E-state index is 12.6. The molecule has 112 valence electrons. The summed E-state index contributed by atoms with van der Waals surface area (Å²) >= 11 is 0. The molecule has 2 heterocycles. The number of amides is 1. The maximum Gasteiger partial charge on any atom is 0.275 e. The van der Waals surface area contributed by atoms with E-state index in [0.29, 0.717) is 5.69 Å². The van der Waals surface area contributed by atoms with Gasteiger partial charge in [0.25, 0.3) is 5.91 Å². The number of hydrogen-bond acceptors (Lipinski definition) is 4. The van der Waals surface area contributed by atoms with Crippen molar-refractivity contribution in [3.8, 4) is 0 Å². The molecule has 1 amide bonds. The minimum atomic E-state index is 0.0128. The largest absolute Gasteiger partial charge is 0.383 e. The highest BCUT2D eigenvalue weighted by atomic mass is 16.5. The van der Waals surface area contributed by atoms with Crippen LogP contribution in [0.25, 0.3) is 10.9 Å². The van der Waals surface area contributed by atoms with Gasteiger partial charge in [-0.2, -0.15) is 5.10 Å². The van der Waals surface area contributed by atoms with Gasteiger partial charge in [0, 0.05) is 45.2 Å². The van der Waals surface area contributed by atoms with Crippen molar-refractivity contribution in [2.75, 3.05) is 46.4 Å². The summed E-state index contributed by atoms with van der Waals surface area (Å²) in [5.41, 5.74) is 1.43. The Morgan fingerprint density at radius 3 is 2.81 bits per heavy atom. The molecule has 2 aromatic rings. The lowest BCUT2D eigenvalue weighted by molar-refractivity contribution is 0.0590. The molecule has 1 aromatic heterocycles. The molecule has 21 heavy (non-hydrogen) atoms. The van der Waals surface area contributed by atoms with Crippen LogP contribution in [0.15, 0.2) is 24.3 Å². The number of H-pyrrole nitrogens is 1. The molecule has 0 radical (unpaired) electrons. The van der Waals surface area contributed by atoms with Crippen LogP contribution in [0.2, 0.25) is 0 Å². The lowest BCUT2D eigenvalue weighted by Crippen LogP contribution is -2.49. The zero-order chi connectivity index (χ0) is 14.7. The monoisotopic (exact) mass is 288 g/mol. The van der Waals surface area contributed by atoms with E-state index in [9.17, 15) is 4.79 Å². The SMILES string of the molecule is COCCN1CCN(C(=O)c2n[nH]c3ccccc23)CC1. The van der Waals surface area contributed by atoms with Crippen LogP contribution in [0.4, 0.5) is 0 Å². The number of benzene rings is 1. The Balaban J connectivity index is 1.67. The van der Waals surface area contributed by atoms with Crippen LogP contribution in [0, 0.1) is 0 Å². The fourth-order valence-electron chi connectivity index (χ4n) is 2.67. The highest BCUT2D eigenvalue weighted by Gasteiger charge is 2.24. The molecule has 0 atom stereocenters. The number of hydrogen-bond donors (Lipinski definition) is 1. The summed E-state index contributed by atoms with van der Waals surface area (Å²) < 4.78 is 5.09. The molecule has 0 unspecified atom stereocenters. The maximum atomic E-state index is 12.6. The number of nitrogens with zero attached hydrogens (tertiary/aromatic N) is 3. The molecule has 1 aromatic carbocycles. The number of fused-ring (bicyclic) bond motifs is 1. The molecule has 3 rings (SSSR count). The first-order valence-electron chi connectivity index (χ1n) is 7.23. The average Bonchev–Trinajstić information content (AvgIpc) is 2.97. The first-order chi connectivity index (χ1) is 10.3. The van der Waals surface area contributed by atoms with Gasteiger partial charge in [-0.1, -0.05) is 18.2 Å². The Bertz CT molecular complexity index is 617. The van der Waals surface area contributed by atoms with Crippen molar-refractivity contribution in [2.24, 2.45) is 0 Å². The molecule has 1 fully saturated rings. The summed E-state index contributed by atoms with van der Waals surface area (Å²) in [6.45, 7) is 4.91. The van der Waals surface area contributed by atoms with Gasteiger partial charge in [0.05, 0.1) is 12.1 Å². The highest BCUT2D eigenvalue weighted by Crippen LogP contribution is 2.17. The van der Waals surface area contributed by atoms with Gasteiger partial charge in [0.2, 0.25) is 0 Å². The fourth-order valence-corrected chi connectivity index (χ4v) is 2.67. The number of ether oxygens (including phenoxy) is 1. The van der Waals surface area contributed by atoms with E-state index in [1.807, 2.05) is 29.2 Å². The van der Waals surface area contributed by atoms with Crippen LogP contribution < -0.4 is 0 Å². The summed E-state index contributed by atoms with van der Waals surface area (Å²) in [7, 11) is 1.71. The van der Waals surface area contributed by atoms with E-state index in [1.54, 1.807) is 7.11 Å². The standard InChI is InChI=1S/C15H20N4O2/c1-21-11-10-18-6-8-19(9-7-18)15(20)14-12-4-2-3-5-13(12)16-17-14/h2-5H,6-11H2,1H3,(H,16,17). The third kappa shape index (κ3) is 2.91. The number of piperazine rings is 1. The summed E-state index contributed by atoms with van der Waals surface area (Å²) in [6.07, 6.45) is 0. The van der Waals surface area contributed by atoms with E-state index in [-0.39, 0.29) is 5.91 Å². The van der Waals surface area contributed by atoms with Crippen molar-refractivity contribution >= 4 is 16.8 Å². The Labute approximate surface area is 123 Å². The Morgan fingerprint density at radius 2 is 2.05 bits per heavy atom. The molecule has 0 spiro atoms. The number of methoxy groups -OCH3 is 1. The average molecular weight is 288 g/mol. The second kappa shape index (κ2) is 6.24. The van der Waals surface area contributed by atoms with Crippen molar-refractivity contribution in [1.29, 1.82) is 0 Å². The molecule has 1 aliphatic heterocycles. The third-order valence-corrected chi connectivity index (χ3v) is 3.94. The highest BCUT2D eigenvalue weighted by molar-refractivity contribution is 6.04. The molecule has 6 nitrogen and oxygen atoms in total. The number of aromatic amines is 1. The second-order valence-corrected chi connectivity index (χ2v) is 5.24. The number of aromatic nitrogens is 2. The van der Waals surface area contributed by atoms with E-state index in [1.165, 1.54) is 0 Å². The van der Waals surface area contributed by atoms with Gasteiger partial charge in [-0.05, 0) is 6.07 Å². The number of carbonyl (C=O) groups excluding carboxylic acids is 1. The van der Waals surface area contributed by atoms with Gasteiger partial charge in [0.1, 0.15) is 0 Å². The van der Waals surface area contributed by atoms with Crippen LogP contribution in [0.5, 0.6) is 0 Å². The van der Waals surface area contributed by atoms with Crippen molar-refractivity contribution < 1.29 is 9.53 Å².